The zero-order valence-corrected chi connectivity index (χ0v) is 13.4. The number of thiazole rings is 1. The highest BCUT2D eigenvalue weighted by molar-refractivity contribution is 7.11. The predicted molar refractivity (Wildman–Crippen MR) is 84.7 cm³/mol. The number of rotatable bonds is 4. The molecular formula is C15H17ClN2OS. The summed E-state index contributed by atoms with van der Waals surface area (Å²) >= 11 is 7.59. The van der Waals surface area contributed by atoms with Crippen molar-refractivity contribution in [2.75, 3.05) is 5.32 Å². The summed E-state index contributed by atoms with van der Waals surface area (Å²) in [6.07, 6.45) is 1.18. The number of anilines is 1. The average molecular weight is 309 g/mol. The van der Waals surface area contributed by atoms with Crippen molar-refractivity contribution in [2.24, 2.45) is 0 Å². The normalized spacial score (nSPS) is 10.6. The van der Waals surface area contributed by atoms with Gasteiger partial charge in [-0.05, 0) is 44.9 Å². The quantitative estimate of drug-likeness (QED) is 0.915. The zero-order valence-electron chi connectivity index (χ0n) is 11.8. The van der Waals surface area contributed by atoms with Gasteiger partial charge in [-0.2, -0.15) is 0 Å². The van der Waals surface area contributed by atoms with Crippen molar-refractivity contribution in [3.8, 4) is 0 Å². The maximum absolute atomic E-state index is 12.0. The van der Waals surface area contributed by atoms with E-state index in [9.17, 15) is 4.79 Å². The second-order valence-corrected chi connectivity index (χ2v) is 6.47. The Kier molecular flexibility index (Phi) is 4.78. The Morgan fingerprint density at radius 3 is 2.75 bits per heavy atom. The van der Waals surface area contributed by atoms with Crippen LogP contribution in [0.15, 0.2) is 18.2 Å². The summed E-state index contributed by atoms with van der Waals surface area (Å²) < 4.78 is 0. The third-order valence-electron chi connectivity index (χ3n) is 3.05. The first-order chi connectivity index (χ1) is 9.45. The number of aromatic nitrogens is 1. The summed E-state index contributed by atoms with van der Waals surface area (Å²) in [5.41, 5.74) is 2.81. The average Bonchev–Trinajstić information content (AvgIpc) is 2.70. The molecule has 106 valence electrons. The molecule has 0 unspecified atom stereocenters. The van der Waals surface area contributed by atoms with E-state index in [4.69, 9.17) is 11.6 Å². The standard InChI is InChI=1S/C15H17ClN2OS/c1-9-4-5-12(16)8-13(9)18-15(19)7-6-14-10(2)17-11(3)20-14/h4-5,8H,6-7H2,1-3H3,(H,18,19). The molecule has 0 bridgehead atoms. The fourth-order valence-electron chi connectivity index (χ4n) is 1.97. The summed E-state index contributed by atoms with van der Waals surface area (Å²) in [7, 11) is 0. The molecule has 2 rings (SSSR count). The van der Waals surface area contributed by atoms with Gasteiger partial charge in [0.05, 0.1) is 10.7 Å². The van der Waals surface area contributed by atoms with Crippen LogP contribution < -0.4 is 5.32 Å². The second kappa shape index (κ2) is 6.37. The van der Waals surface area contributed by atoms with Crippen LogP contribution >= 0.6 is 22.9 Å². The molecule has 0 aliphatic carbocycles. The monoisotopic (exact) mass is 308 g/mol. The molecule has 2 aromatic rings. The summed E-state index contributed by atoms with van der Waals surface area (Å²) in [5.74, 6) is 0.000759. The minimum absolute atomic E-state index is 0.000759. The fraction of sp³-hybridized carbons (Fsp3) is 0.333. The Morgan fingerprint density at radius 2 is 2.10 bits per heavy atom. The van der Waals surface area contributed by atoms with Crippen molar-refractivity contribution < 1.29 is 4.79 Å². The van der Waals surface area contributed by atoms with Crippen LogP contribution in [0.25, 0.3) is 0 Å². The van der Waals surface area contributed by atoms with Crippen molar-refractivity contribution in [3.63, 3.8) is 0 Å². The van der Waals surface area contributed by atoms with E-state index in [1.54, 1.807) is 17.4 Å². The van der Waals surface area contributed by atoms with Gasteiger partial charge in [-0.1, -0.05) is 17.7 Å². The second-order valence-electron chi connectivity index (χ2n) is 4.75. The molecule has 1 N–H and O–H groups in total. The molecule has 0 aliphatic heterocycles. The van der Waals surface area contributed by atoms with Gasteiger partial charge in [0.15, 0.2) is 0 Å². The topological polar surface area (TPSA) is 42.0 Å². The van der Waals surface area contributed by atoms with Gasteiger partial charge in [-0.15, -0.1) is 11.3 Å². The number of halogens is 1. The van der Waals surface area contributed by atoms with Gasteiger partial charge in [0, 0.05) is 22.0 Å². The van der Waals surface area contributed by atoms with Crippen LogP contribution in [0.1, 0.15) is 27.6 Å². The number of carbonyl (C=O) groups excluding carboxylic acids is 1. The molecule has 0 spiro atoms. The van der Waals surface area contributed by atoms with Crippen molar-refractivity contribution in [1.29, 1.82) is 0 Å². The number of aryl methyl sites for hydroxylation is 4. The minimum Gasteiger partial charge on any atom is -0.326 e. The first kappa shape index (κ1) is 15.0. The van der Waals surface area contributed by atoms with Crippen LogP contribution in [0.2, 0.25) is 5.02 Å². The lowest BCUT2D eigenvalue weighted by Crippen LogP contribution is -2.13. The van der Waals surface area contributed by atoms with Crippen molar-refractivity contribution in [2.45, 2.75) is 33.6 Å². The third-order valence-corrected chi connectivity index (χ3v) is 4.42. The largest absolute Gasteiger partial charge is 0.326 e. The van der Waals surface area contributed by atoms with E-state index in [1.165, 1.54) is 4.88 Å². The third kappa shape index (κ3) is 3.81. The summed E-state index contributed by atoms with van der Waals surface area (Å²) in [6, 6.07) is 5.49. The molecule has 1 amide bonds. The molecule has 0 saturated carbocycles. The molecule has 0 atom stereocenters. The van der Waals surface area contributed by atoms with E-state index in [1.807, 2.05) is 32.9 Å². The Hall–Kier alpha value is -1.39. The first-order valence-corrected chi connectivity index (χ1v) is 7.64. The highest BCUT2D eigenvalue weighted by Crippen LogP contribution is 2.22. The Morgan fingerprint density at radius 1 is 1.35 bits per heavy atom. The fourth-order valence-corrected chi connectivity index (χ4v) is 3.08. The number of nitrogens with one attached hydrogen (secondary N) is 1. The molecule has 0 fully saturated rings. The summed E-state index contributed by atoms with van der Waals surface area (Å²) in [5, 5.41) is 4.58. The Balaban J connectivity index is 1.96. The van der Waals surface area contributed by atoms with E-state index < -0.39 is 0 Å². The Labute approximate surface area is 128 Å². The Bertz CT molecular complexity index is 637. The van der Waals surface area contributed by atoms with E-state index in [0.29, 0.717) is 11.4 Å². The molecule has 3 nitrogen and oxygen atoms in total. The predicted octanol–water partition coefficient (Wildman–Crippen LogP) is 4.29. The van der Waals surface area contributed by atoms with E-state index >= 15 is 0 Å². The van der Waals surface area contributed by atoms with Crippen molar-refractivity contribution >= 4 is 34.5 Å². The van der Waals surface area contributed by atoms with Gasteiger partial charge < -0.3 is 5.32 Å². The molecule has 0 radical (unpaired) electrons. The number of benzene rings is 1. The summed E-state index contributed by atoms with van der Waals surface area (Å²) in [6.45, 7) is 5.91. The molecule has 0 aliphatic rings. The molecule has 1 heterocycles. The van der Waals surface area contributed by atoms with Crippen LogP contribution in [0.3, 0.4) is 0 Å². The maximum Gasteiger partial charge on any atom is 0.224 e. The van der Waals surface area contributed by atoms with Gasteiger partial charge in [-0.3, -0.25) is 4.79 Å². The number of nitrogens with zero attached hydrogens (tertiary/aromatic N) is 1. The number of hydrogen-bond acceptors (Lipinski definition) is 3. The van der Waals surface area contributed by atoms with Gasteiger partial charge in [-0.25, -0.2) is 4.98 Å². The molecule has 20 heavy (non-hydrogen) atoms. The lowest BCUT2D eigenvalue weighted by molar-refractivity contribution is -0.116. The summed E-state index contributed by atoms with van der Waals surface area (Å²) in [4.78, 5) is 17.5. The number of amides is 1. The lowest BCUT2D eigenvalue weighted by atomic mass is 10.2. The lowest BCUT2D eigenvalue weighted by Gasteiger charge is -2.08. The maximum atomic E-state index is 12.0. The van der Waals surface area contributed by atoms with Crippen LogP contribution in [0.4, 0.5) is 5.69 Å². The van der Waals surface area contributed by atoms with E-state index in [0.717, 1.165) is 28.4 Å². The van der Waals surface area contributed by atoms with Gasteiger partial charge in [0.25, 0.3) is 0 Å². The highest BCUT2D eigenvalue weighted by Gasteiger charge is 2.09. The first-order valence-electron chi connectivity index (χ1n) is 6.44. The highest BCUT2D eigenvalue weighted by atomic mass is 35.5. The van der Waals surface area contributed by atoms with Crippen molar-refractivity contribution in [1.82, 2.24) is 4.98 Å². The van der Waals surface area contributed by atoms with Crippen LogP contribution in [0, 0.1) is 20.8 Å². The minimum atomic E-state index is 0.000759. The van der Waals surface area contributed by atoms with Gasteiger partial charge in [0.1, 0.15) is 0 Å². The van der Waals surface area contributed by atoms with Crippen LogP contribution in [0.5, 0.6) is 0 Å². The van der Waals surface area contributed by atoms with E-state index in [-0.39, 0.29) is 5.91 Å². The van der Waals surface area contributed by atoms with Crippen molar-refractivity contribution in [3.05, 3.63) is 44.4 Å². The van der Waals surface area contributed by atoms with Crippen LogP contribution in [-0.2, 0) is 11.2 Å². The van der Waals surface area contributed by atoms with Gasteiger partial charge >= 0.3 is 0 Å². The van der Waals surface area contributed by atoms with Crippen LogP contribution in [-0.4, -0.2) is 10.9 Å². The molecule has 1 aromatic carbocycles. The van der Waals surface area contributed by atoms with Gasteiger partial charge in [0.2, 0.25) is 5.91 Å². The molecule has 0 saturated heterocycles. The molecular weight excluding hydrogens is 292 g/mol. The molecule has 1 aromatic heterocycles. The smallest absolute Gasteiger partial charge is 0.224 e. The molecule has 5 heteroatoms. The SMILES string of the molecule is Cc1nc(C)c(CCC(=O)Nc2cc(Cl)ccc2C)s1. The zero-order chi connectivity index (χ0) is 14.7. The number of hydrogen-bond donors (Lipinski definition) is 1. The number of carbonyl (C=O) groups is 1. The van der Waals surface area contributed by atoms with E-state index in [2.05, 4.69) is 10.3 Å².